The molecule has 0 aliphatic heterocycles. The Morgan fingerprint density at radius 3 is 2.35 bits per heavy atom. The summed E-state index contributed by atoms with van der Waals surface area (Å²) in [7, 11) is -1.70. The van der Waals surface area contributed by atoms with E-state index in [0.29, 0.717) is 18.6 Å². The minimum atomic E-state index is -1.70. The van der Waals surface area contributed by atoms with Crippen molar-refractivity contribution in [2.24, 2.45) is 0 Å². The van der Waals surface area contributed by atoms with Crippen molar-refractivity contribution in [2.45, 2.75) is 45.3 Å². The van der Waals surface area contributed by atoms with Gasteiger partial charge in [0.25, 0.3) is 0 Å². The van der Waals surface area contributed by atoms with Crippen LogP contribution < -0.4 is 0 Å². The molecular formula is C17H24O2Si. The van der Waals surface area contributed by atoms with Gasteiger partial charge in [-0.25, -0.2) is 0 Å². The van der Waals surface area contributed by atoms with E-state index >= 15 is 0 Å². The summed E-state index contributed by atoms with van der Waals surface area (Å²) < 4.78 is 6.01. The highest BCUT2D eigenvalue weighted by molar-refractivity contribution is 6.74. The third-order valence-electron chi connectivity index (χ3n) is 3.73. The quantitative estimate of drug-likeness (QED) is 0.272. The second-order valence-electron chi connectivity index (χ2n) is 6.36. The van der Waals surface area contributed by atoms with Gasteiger partial charge in [-0.05, 0) is 24.1 Å². The molecule has 0 spiro atoms. The zero-order valence-corrected chi connectivity index (χ0v) is 14.1. The maximum absolute atomic E-state index is 11.8. The van der Waals surface area contributed by atoms with Crippen LogP contribution in [0, 0.1) is 11.8 Å². The molecule has 0 radical (unpaired) electrons. The first-order valence-electron chi connectivity index (χ1n) is 6.96. The number of Topliss-reactive ketones (excluding diaryl/α,β-unsaturated/α-hetero) is 1. The van der Waals surface area contributed by atoms with Gasteiger partial charge in [-0.1, -0.05) is 57.0 Å². The smallest absolute Gasteiger partial charge is 0.235 e. The standard InChI is InChI=1S/C17H24O2Si/c1-17(2,3)20(4,5)19-14-10-9-13-16(18)15-11-7-6-8-12-15/h6-8,11-12H,10,14H2,1-5H3. The monoisotopic (exact) mass is 288 g/mol. The molecule has 1 rings (SSSR count). The summed E-state index contributed by atoms with van der Waals surface area (Å²) in [5, 5.41) is 0.209. The molecule has 1 aromatic carbocycles. The first-order chi connectivity index (χ1) is 9.24. The van der Waals surface area contributed by atoms with Crippen molar-refractivity contribution in [1.82, 2.24) is 0 Å². The number of benzene rings is 1. The Morgan fingerprint density at radius 2 is 1.80 bits per heavy atom. The Kier molecular flexibility index (Phi) is 5.73. The van der Waals surface area contributed by atoms with E-state index in [0.717, 1.165) is 0 Å². The summed E-state index contributed by atoms with van der Waals surface area (Å²) in [5.41, 5.74) is 0.644. The number of hydrogen-bond donors (Lipinski definition) is 0. The number of carbonyl (C=O) groups is 1. The normalized spacial score (nSPS) is 11.7. The second kappa shape index (κ2) is 6.87. The van der Waals surface area contributed by atoms with Crippen LogP contribution in [0.2, 0.25) is 18.1 Å². The molecule has 0 atom stereocenters. The highest BCUT2D eigenvalue weighted by Crippen LogP contribution is 2.36. The van der Waals surface area contributed by atoms with Crippen molar-refractivity contribution in [3.05, 3.63) is 35.9 Å². The minimum Gasteiger partial charge on any atom is -0.416 e. The van der Waals surface area contributed by atoms with Gasteiger partial charge in [0.05, 0.1) is 0 Å². The summed E-state index contributed by atoms with van der Waals surface area (Å²) >= 11 is 0. The molecule has 0 fully saturated rings. The Hall–Kier alpha value is -1.37. The summed E-state index contributed by atoms with van der Waals surface area (Å²) in [4.78, 5) is 11.8. The largest absolute Gasteiger partial charge is 0.416 e. The van der Waals surface area contributed by atoms with Crippen molar-refractivity contribution in [1.29, 1.82) is 0 Å². The molecule has 2 nitrogen and oxygen atoms in total. The first-order valence-corrected chi connectivity index (χ1v) is 9.87. The highest BCUT2D eigenvalue weighted by atomic mass is 28.4. The van der Waals surface area contributed by atoms with E-state index < -0.39 is 8.32 Å². The van der Waals surface area contributed by atoms with Crippen molar-refractivity contribution in [2.75, 3.05) is 6.61 Å². The molecule has 0 N–H and O–H groups in total. The van der Waals surface area contributed by atoms with Crippen molar-refractivity contribution < 1.29 is 9.22 Å². The van der Waals surface area contributed by atoms with E-state index in [9.17, 15) is 4.79 Å². The van der Waals surface area contributed by atoms with Gasteiger partial charge in [0, 0.05) is 18.6 Å². The molecule has 0 saturated carbocycles. The van der Waals surface area contributed by atoms with Crippen LogP contribution in [0.25, 0.3) is 0 Å². The summed E-state index contributed by atoms with van der Waals surface area (Å²) in [6, 6.07) is 9.13. The number of hydrogen-bond acceptors (Lipinski definition) is 2. The van der Waals surface area contributed by atoms with Crippen LogP contribution in [-0.4, -0.2) is 20.7 Å². The number of carbonyl (C=O) groups excluding carboxylic acids is 1. The highest BCUT2D eigenvalue weighted by Gasteiger charge is 2.36. The number of rotatable bonds is 4. The molecular weight excluding hydrogens is 264 g/mol. The van der Waals surface area contributed by atoms with Crippen LogP contribution >= 0.6 is 0 Å². The molecule has 1 aromatic rings. The maximum Gasteiger partial charge on any atom is 0.235 e. The molecule has 0 amide bonds. The van der Waals surface area contributed by atoms with Gasteiger partial charge in [-0.15, -0.1) is 0 Å². The van der Waals surface area contributed by atoms with E-state index in [1.807, 2.05) is 18.2 Å². The van der Waals surface area contributed by atoms with Gasteiger partial charge in [0.1, 0.15) is 0 Å². The van der Waals surface area contributed by atoms with Crippen LogP contribution in [0.3, 0.4) is 0 Å². The third-order valence-corrected chi connectivity index (χ3v) is 8.27. The van der Waals surface area contributed by atoms with Gasteiger partial charge in [-0.2, -0.15) is 0 Å². The molecule has 0 aliphatic carbocycles. The van der Waals surface area contributed by atoms with Crippen LogP contribution in [0.5, 0.6) is 0 Å². The van der Waals surface area contributed by atoms with Gasteiger partial charge in [0.15, 0.2) is 8.32 Å². The zero-order valence-electron chi connectivity index (χ0n) is 13.1. The molecule has 0 unspecified atom stereocenters. The fraction of sp³-hybridized carbons (Fsp3) is 0.471. The van der Waals surface area contributed by atoms with E-state index in [1.54, 1.807) is 12.1 Å². The van der Waals surface area contributed by atoms with E-state index in [-0.39, 0.29) is 10.8 Å². The van der Waals surface area contributed by atoms with Crippen molar-refractivity contribution in [3.63, 3.8) is 0 Å². The SMILES string of the molecule is CC(C)(C)[Si](C)(C)OCCC#CC(=O)c1ccccc1. The van der Waals surface area contributed by atoms with Gasteiger partial charge in [0.2, 0.25) is 5.78 Å². The average molecular weight is 288 g/mol. The fourth-order valence-electron chi connectivity index (χ4n) is 1.38. The van der Waals surface area contributed by atoms with Crippen LogP contribution in [0.4, 0.5) is 0 Å². The molecule has 0 saturated heterocycles. The summed E-state index contributed by atoms with van der Waals surface area (Å²) in [5.74, 6) is 5.45. The Morgan fingerprint density at radius 1 is 1.20 bits per heavy atom. The lowest BCUT2D eigenvalue weighted by Gasteiger charge is -2.35. The van der Waals surface area contributed by atoms with Crippen molar-refractivity contribution in [3.8, 4) is 11.8 Å². The van der Waals surface area contributed by atoms with Crippen LogP contribution in [0.15, 0.2) is 30.3 Å². The average Bonchev–Trinajstić information content (AvgIpc) is 2.37. The Labute approximate surface area is 123 Å². The van der Waals surface area contributed by atoms with Gasteiger partial charge in [-0.3, -0.25) is 4.79 Å². The Bertz CT molecular complexity index is 501. The molecule has 0 bridgehead atoms. The van der Waals surface area contributed by atoms with Gasteiger partial charge < -0.3 is 4.43 Å². The summed E-state index contributed by atoms with van der Waals surface area (Å²) in [6.45, 7) is 11.7. The molecule has 108 valence electrons. The molecule has 0 aliphatic rings. The first kappa shape index (κ1) is 16.7. The Balaban J connectivity index is 2.43. The maximum atomic E-state index is 11.8. The van der Waals surface area contributed by atoms with E-state index in [1.165, 1.54) is 0 Å². The second-order valence-corrected chi connectivity index (χ2v) is 11.2. The molecule has 0 heterocycles. The van der Waals surface area contributed by atoms with Crippen molar-refractivity contribution >= 4 is 14.1 Å². The van der Waals surface area contributed by atoms with E-state index in [2.05, 4.69) is 45.7 Å². The van der Waals surface area contributed by atoms with E-state index in [4.69, 9.17) is 4.43 Å². The minimum absolute atomic E-state index is 0.127. The summed E-state index contributed by atoms with van der Waals surface area (Å²) in [6.07, 6.45) is 0.602. The fourth-order valence-corrected chi connectivity index (χ4v) is 2.42. The number of ketones is 1. The zero-order chi connectivity index (χ0) is 15.2. The van der Waals surface area contributed by atoms with Crippen LogP contribution in [0.1, 0.15) is 37.6 Å². The predicted molar refractivity (Wildman–Crippen MR) is 86.3 cm³/mol. The molecule has 20 heavy (non-hydrogen) atoms. The lowest BCUT2D eigenvalue weighted by atomic mass is 10.1. The third kappa shape index (κ3) is 4.95. The predicted octanol–water partition coefficient (Wildman–Crippen LogP) is 4.28. The van der Waals surface area contributed by atoms with Crippen LogP contribution in [-0.2, 0) is 4.43 Å². The topological polar surface area (TPSA) is 26.3 Å². The molecule has 3 heteroatoms. The lowest BCUT2D eigenvalue weighted by molar-refractivity contribution is 0.105. The molecule has 0 aromatic heterocycles. The van der Waals surface area contributed by atoms with Gasteiger partial charge >= 0.3 is 0 Å². The lowest BCUT2D eigenvalue weighted by Crippen LogP contribution is -2.40.